The second kappa shape index (κ2) is 4.41. The molecule has 1 aromatic heterocycles. The fourth-order valence-corrected chi connectivity index (χ4v) is 2.35. The van der Waals surface area contributed by atoms with Gasteiger partial charge in [-0.2, -0.15) is 5.26 Å². The first kappa shape index (κ1) is 10.1. The predicted molar refractivity (Wildman–Crippen MR) is 57.9 cm³/mol. The predicted octanol–water partition coefficient (Wildman–Crippen LogP) is 1.99. The Morgan fingerprint density at radius 3 is 3.20 bits per heavy atom. The summed E-state index contributed by atoms with van der Waals surface area (Å²) >= 11 is 0. The minimum Gasteiger partial charge on any atom is -0.299 e. The minimum absolute atomic E-state index is 0.442. The van der Waals surface area contributed by atoms with E-state index in [-0.39, 0.29) is 0 Å². The van der Waals surface area contributed by atoms with E-state index in [0.717, 1.165) is 13.0 Å². The summed E-state index contributed by atoms with van der Waals surface area (Å²) in [5.41, 5.74) is 1.26. The Morgan fingerprint density at radius 2 is 2.53 bits per heavy atom. The molecule has 1 saturated heterocycles. The van der Waals surface area contributed by atoms with Gasteiger partial charge in [0.2, 0.25) is 0 Å². The second-order valence-electron chi connectivity index (χ2n) is 4.21. The van der Waals surface area contributed by atoms with Crippen molar-refractivity contribution in [3.05, 3.63) is 30.1 Å². The van der Waals surface area contributed by atoms with Crippen LogP contribution in [0, 0.1) is 17.2 Å². The monoisotopic (exact) mass is 201 g/mol. The third-order valence-corrected chi connectivity index (χ3v) is 3.08. The molecule has 0 spiro atoms. The molecular formula is C12H15N3. The molecule has 0 aromatic carbocycles. The smallest absolute Gasteiger partial charge is 0.0625 e. The highest BCUT2D eigenvalue weighted by Crippen LogP contribution is 2.34. The van der Waals surface area contributed by atoms with Gasteiger partial charge in [-0.25, -0.2) is 0 Å². The highest BCUT2D eigenvalue weighted by molar-refractivity contribution is 5.15. The lowest BCUT2D eigenvalue weighted by molar-refractivity contribution is 0.313. The van der Waals surface area contributed by atoms with Crippen LogP contribution in [0.25, 0.3) is 0 Å². The summed E-state index contributed by atoms with van der Waals surface area (Å²) in [6.45, 7) is 1.02. The molecule has 0 N–H and O–H groups in total. The van der Waals surface area contributed by atoms with Crippen LogP contribution >= 0.6 is 0 Å². The first-order valence-electron chi connectivity index (χ1n) is 5.28. The minimum atomic E-state index is 0.442. The van der Waals surface area contributed by atoms with Crippen molar-refractivity contribution < 1.29 is 0 Å². The van der Waals surface area contributed by atoms with Crippen LogP contribution in [0.4, 0.5) is 0 Å². The first-order valence-corrected chi connectivity index (χ1v) is 5.28. The number of pyridine rings is 1. The topological polar surface area (TPSA) is 39.9 Å². The molecule has 2 rings (SSSR count). The van der Waals surface area contributed by atoms with E-state index < -0.39 is 0 Å². The maximum Gasteiger partial charge on any atom is 0.0625 e. The third-order valence-electron chi connectivity index (χ3n) is 3.08. The molecule has 2 atom stereocenters. The highest BCUT2D eigenvalue weighted by Gasteiger charge is 2.30. The standard InChI is InChI=1S/C12H15N3/c1-15-9-10(4-5-13)7-12(15)11-3-2-6-14-8-11/h2-3,6,8,10,12H,4,7,9H2,1H3/t10?,12-/m0/s1. The van der Waals surface area contributed by atoms with Crippen LogP contribution in [0.1, 0.15) is 24.4 Å². The largest absolute Gasteiger partial charge is 0.299 e. The molecule has 3 heteroatoms. The Kier molecular flexibility index (Phi) is 2.98. The zero-order chi connectivity index (χ0) is 10.7. The summed E-state index contributed by atoms with van der Waals surface area (Å²) < 4.78 is 0. The maximum absolute atomic E-state index is 8.69. The molecule has 0 bridgehead atoms. The van der Waals surface area contributed by atoms with Gasteiger partial charge >= 0.3 is 0 Å². The number of nitrogens with zero attached hydrogens (tertiary/aromatic N) is 3. The van der Waals surface area contributed by atoms with Crippen LogP contribution in [0.5, 0.6) is 0 Å². The van der Waals surface area contributed by atoms with Crippen LogP contribution in [0.15, 0.2) is 24.5 Å². The van der Waals surface area contributed by atoms with Gasteiger partial charge in [-0.15, -0.1) is 0 Å². The summed E-state index contributed by atoms with van der Waals surface area (Å²) in [5.74, 6) is 0.519. The molecule has 0 aliphatic carbocycles. The van der Waals surface area contributed by atoms with Crippen molar-refractivity contribution in [2.24, 2.45) is 5.92 Å². The van der Waals surface area contributed by atoms with Crippen molar-refractivity contribution in [1.82, 2.24) is 9.88 Å². The third kappa shape index (κ3) is 2.16. The van der Waals surface area contributed by atoms with E-state index in [2.05, 4.69) is 29.1 Å². The number of likely N-dealkylation sites (tertiary alicyclic amines) is 1. The summed E-state index contributed by atoms with van der Waals surface area (Å²) in [6, 6.07) is 6.79. The molecule has 1 aliphatic heterocycles. The molecule has 1 unspecified atom stereocenters. The van der Waals surface area contributed by atoms with E-state index in [9.17, 15) is 0 Å². The van der Waals surface area contributed by atoms with Gasteiger partial charge < -0.3 is 0 Å². The van der Waals surface area contributed by atoms with Crippen molar-refractivity contribution in [3.8, 4) is 6.07 Å². The number of aromatic nitrogens is 1. The summed E-state index contributed by atoms with van der Waals surface area (Å²) in [6.07, 6.45) is 5.47. The molecule has 15 heavy (non-hydrogen) atoms. The van der Waals surface area contributed by atoms with E-state index in [1.54, 1.807) is 6.20 Å². The van der Waals surface area contributed by atoms with Crippen LogP contribution in [0.3, 0.4) is 0 Å². The Hall–Kier alpha value is -1.40. The van der Waals surface area contributed by atoms with Gasteiger partial charge in [0.1, 0.15) is 0 Å². The fourth-order valence-electron chi connectivity index (χ4n) is 2.35. The Balaban J connectivity index is 2.09. The van der Waals surface area contributed by atoms with E-state index in [1.807, 2.05) is 12.3 Å². The van der Waals surface area contributed by atoms with Gasteiger partial charge in [-0.3, -0.25) is 9.88 Å². The highest BCUT2D eigenvalue weighted by atomic mass is 15.2. The average Bonchev–Trinajstić information content (AvgIpc) is 2.61. The van der Waals surface area contributed by atoms with E-state index in [0.29, 0.717) is 18.4 Å². The van der Waals surface area contributed by atoms with E-state index in [1.165, 1.54) is 5.56 Å². The molecule has 3 nitrogen and oxygen atoms in total. The van der Waals surface area contributed by atoms with Gasteiger partial charge in [0, 0.05) is 31.4 Å². The van der Waals surface area contributed by atoms with Crippen LogP contribution < -0.4 is 0 Å². The average molecular weight is 201 g/mol. The fraction of sp³-hybridized carbons (Fsp3) is 0.500. The van der Waals surface area contributed by atoms with Crippen LogP contribution in [-0.2, 0) is 0 Å². The van der Waals surface area contributed by atoms with Gasteiger partial charge in [0.05, 0.1) is 6.07 Å². The van der Waals surface area contributed by atoms with Gasteiger partial charge in [-0.05, 0) is 31.0 Å². The van der Waals surface area contributed by atoms with Crippen molar-refractivity contribution in [1.29, 1.82) is 5.26 Å². The molecule has 2 heterocycles. The molecule has 1 fully saturated rings. The quantitative estimate of drug-likeness (QED) is 0.734. The van der Waals surface area contributed by atoms with Gasteiger partial charge in [0.15, 0.2) is 0 Å². The van der Waals surface area contributed by atoms with Crippen molar-refractivity contribution in [3.63, 3.8) is 0 Å². The lowest BCUT2D eigenvalue weighted by Gasteiger charge is -2.18. The molecule has 0 radical (unpaired) electrons. The van der Waals surface area contributed by atoms with Crippen molar-refractivity contribution in [2.75, 3.05) is 13.6 Å². The van der Waals surface area contributed by atoms with Gasteiger partial charge in [0.25, 0.3) is 0 Å². The second-order valence-corrected chi connectivity index (χ2v) is 4.21. The lowest BCUT2D eigenvalue weighted by Crippen LogP contribution is -2.18. The lowest BCUT2D eigenvalue weighted by atomic mass is 9.99. The molecule has 0 amide bonds. The van der Waals surface area contributed by atoms with Crippen LogP contribution in [0.2, 0.25) is 0 Å². The zero-order valence-corrected chi connectivity index (χ0v) is 8.93. The molecule has 1 aromatic rings. The van der Waals surface area contributed by atoms with Crippen LogP contribution in [-0.4, -0.2) is 23.5 Å². The number of hydrogen-bond donors (Lipinski definition) is 0. The first-order chi connectivity index (χ1) is 7.31. The van der Waals surface area contributed by atoms with E-state index in [4.69, 9.17) is 5.26 Å². The van der Waals surface area contributed by atoms with Crippen molar-refractivity contribution in [2.45, 2.75) is 18.9 Å². The summed E-state index contributed by atoms with van der Waals surface area (Å²) in [4.78, 5) is 6.46. The summed E-state index contributed by atoms with van der Waals surface area (Å²) in [5, 5.41) is 8.69. The number of rotatable bonds is 2. The van der Waals surface area contributed by atoms with Crippen molar-refractivity contribution >= 4 is 0 Å². The normalized spacial score (nSPS) is 26.4. The number of nitriles is 1. The number of hydrogen-bond acceptors (Lipinski definition) is 3. The Morgan fingerprint density at radius 1 is 1.67 bits per heavy atom. The van der Waals surface area contributed by atoms with Gasteiger partial charge in [-0.1, -0.05) is 6.07 Å². The molecule has 78 valence electrons. The molecule has 1 aliphatic rings. The Bertz CT molecular complexity index is 355. The SMILES string of the molecule is CN1CC(CC#N)C[C@H]1c1cccnc1. The Labute approximate surface area is 90.4 Å². The van der Waals surface area contributed by atoms with E-state index >= 15 is 0 Å². The zero-order valence-electron chi connectivity index (χ0n) is 8.93. The molecular weight excluding hydrogens is 186 g/mol. The molecule has 0 saturated carbocycles. The summed E-state index contributed by atoms with van der Waals surface area (Å²) in [7, 11) is 2.12. The maximum atomic E-state index is 8.69.